The van der Waals surface area contributed by atoms with Gasteiger partial charge in [-0.15, -0.1) is 0 Å². The van der Waals surface area contributed by atoms with Crippen LogP contribution in [0.15, 0.2) is 6.33 Å². The van der Waals surface area contributed by atoms with Gasteiger partial charge in [-0.3, -0.25) is 4.68 Å². The molecule has 2 aromatic heterocycles. The zero-order valence-corrected chi connectivity index (χ0v) is 13.5. The molecule has 2 N–H and O–H groups in total. The molecule has 0 aromatic carbocycles. The van der Waals surface area contributed by atoms with Gasteiger partial charge in [0, 0.05) is 18.3 Å². The predicted molar refractivity (Wildman–Crippen MR) is 83.1 cm³/mol. The summed E-state index contributed by atoms with van der Waals surface area (Å²) in [4.78, 5) is 4.35. The van der Waals surface area contributed by atoms with Crippen LogP contribution in [0.3, 0.4) is 0 Å². The number of aryl methyl sites for hydroxylation is 2. The Labute approximate surface area is 126 Å². The number of nitrogens with zero attached hydrogens (tertiary/aromatic N) is 5. The fourth-order valence-corrected chi connectivity index (χ4v) is 2.53. The van der Waals surface area contributed by atoms with E-state index in [1.807, 2.05) is 9.36 Å². The van der Waals surface area contributed by atoms with Crippen molar-refractivity contribution < 1.29 is 0 Å². The largest absolute Gasteiger partial charge is 0.327 e. The van der Waals surface area contributed by atoms with Gasteiger partial charge >= 0.3 is 0 Å². The highest BCUT2D eigenvalue weighted by Crippen LogP contribution is 2.16. The van der Waals surface area contributed by atoms with Crippen LogP contribution in [0.25, 0.3) is 0 Å². The molecule has 0 fully saturated rings. The first kappa shape index (κ1) is 15.7. The molecule has 21 heavy (non-hydrogen) atoms. The third-order valence-electron chi connectivity index (χ3n) is 3.94. The molecule has 0 aliphatic rings. The molecule has 0 bridgehead atoms. The third-order valence-corrected chi connectivity index (χ3v) is 3.94. The highest BCUT2D eigenvalue weighted by molar-refractivity contribution is 5.26. The molecule has 116 valence electrons. The van der Waals surface area contributed by atoms with Gasteiger partial charge in [0.2, 0.25) is 0 Å². The van der Waals surface area contributed by atoms with E-state index in [1.54, 1.807) is 6.33 Å². The van der Waals surface area contributed by atoms with Crippen molar-refractivity contribution in [1.82, 2.24) is 24.5 Å². The molecule has 0 saturated heterocycles. The Morgan fingerprint density at radius 1 is 1.24 bits per heavy atom. The molecule has 6 nitrogen and oxygen atoms in total. The quantitative estimate of drug-likeness (QED) is 0.844. The second kappa shape index (κ2) is 6.85. The fraction of sp³-hybridized carbons (Fsp3) is 0.667. The van der Waals surface area contributed by atoms with Crippen molar-refractivity contribution in [2.45, 2.75) is 66.1 Å². The Kier molecular flexibility index (Phi) is 5.12. The smallest absolute Gasteiger partial charge is 0.148 e. The van der Waals surface area contributed by atoms with Gasteiger partial charge < -0.3 is 5.73 Å². The van der Waals surface area contributed by atoms with Crippen LogP contribution in [0.5, 0.6) is 0 Å². The highest BCUT2D eigenvalue weighted by Gasteiger charge is 2.15. The van der Waals surface area contributed by atoms with Crippen molar-refractivity contribution in [3.05, 3.63) is 29.1 Å². The lowest BCUT2D eigenvalue weighted by Gasteiger charge is -2.10. The van der Waals surface area contributed by atoms with Gasteiger partial charge in [0.05, 0.1) is 5.69 Å². The first-order valence-corrected chi connectivity index (χ1v) is 7.71. The number of nitrogens with two attached hydrogens (primary N) is 1. The average molecular weight is 290 g/mol. The Morgan fingerprint density at radius 3 is 2.67 bits per heavy atom. The molecule has 0 saturated carbocycles. The monoisotopic (exact) mass is 290 g/mol. The van der Waals surface area contributed by atoms with Crippen molar-refractivity contribution in [1.29, 1.82) is 0 Å². The molecule has 0 aliphatic heterocycles. The van der Waals surface area contributed by atoms with Gasteiger partial charge in [0.25, 0.3) is 0 Å². The van der Waals surface area contributed by atoms with E-state index < -0.39 is 0 Å². The molecule has 6 heteroatoms. The summed E-state index contributed by atoms with van der Waals surface area (Å²) in [6, 6.07) is 0.198. The summed E-state index contributed by atoms with van der Waals surface area (Å²) >= 11 is 0. The van der Waals surface area contributed by atoms with Gasteiger partial charge in [0.1, 0.15) is 18.7 Å². The molecular formula is C15H26N6. The topological polar surface area (TPSA) is 74.5 Å². The maximum Gasteiger partial charge on any atom is 0.148 e. The summed E-state index contributed by atoms with van der Waals surface area (Å²) in [5, 5.41) is 8.92. The minimum absolute atomic E-state index is 0.198. The minimum atomic E-state index is 0.198. The maximum atomic E-state index is 6.09. The molecule has 0 radical (unpaired) electrons. The van der Waals surface area contributed by atoms with Crippen LogP contribution in [-0.4, -0.2) is 30.6 Å². The van der Waals surface area contributed by atoms with E-state index in [0.29, 0.717) is 6.54 Å². The average Bonchev–Trinajstić information content (AvgIpc) is 3.00. The lowest BCUT2D eigenvalue weighted by Crippen LogP contribution is -2.22. The summed E-state index contributed by atoms with van der Waals surface area (Å²) in [7, 11) is 0. The van der Waals surface area contributed by atoms with E-state index >= 15 is 0 Å². The van der Waals surface area contributed by atoms with Crippen LogP contribution < -0.4 is 5.73 Å². The fourth-order valence-electron chi connectivity index (χ4n) is 2.53. The van der Waals surface area contributed by atoms with Gasteiger partial charge in [-0.1, -0.05) is 13.8 Å². The highest BCUT2D eigenvalue weighted by atomic mass is 15.4. The second-order valence-electron chi connectivity index (χ2n) is 5.58. The van der Waals surface area contributed by atoms with E-state index in [2.05, 4.69) is 42.9 Å². The van der Waals surface area contributed by atoms with E-state index in [0.717, 1.165) is 37.3 Å². The molecule has 0 spiro atoms. The van der Waals surface area contributed by atoms with Crippen molar-refractivity contribution >= 4 is 0 Å². The minimum Gasteiger partial charge on any atom is -0.327 e. The Morgan fingerprint density at radius 2 is 2.00 bits per heavy atom. The van der Waals surface area contributed by atoms with Crippen molar-refractivity contribution in [2.75, 3.05) is 0 Å². The van der Waals surface area contributed by atoms with Crippen molar-refractivity contribution in [3.8, 4) is 0 Å². The van der Waals surface area contributed by atoms with Gasteiger partial charge in [-0.05, 0) is 38.7 Å². The van der Waals surface area contributed by atoms with Crippen LogP contribution in [-0.2, 0) is 19.5 Å². The van der Waals surface area contributed by atoms with E-state index in [1.165, 1.54) is 11.3 Å². The zero-order chi connectivity index (χ0) is 15.4. The molecule has 2 aromatic rings. The van der Waals surface area contributed by atoms with Gasteiger partial charge in [-0.2, -0.15) is 10.2 Å². The van der Waals surface area contributed by atoms with Crippen LogP contribution in [0.2, 0.25) is 0 Å². The zero-order valence-electron chi connectivity index (χ0n) is 13.5. The summed E-state index contributed by atoms with van der Waals surface area (Å²) in [6.07, 6.45) is 4.53. The first-order valence-electron chi connectivity index (χ1n) is 7.71. The lowest BCUT2D eigenvalue weighted by molar-refractivity contribution is 0.533. The number of rotatable bonds is 7. The SMILES string of the molecule is CCCn1ncnc1Cn1nc(C)c(CC(N)CC)c1C. The maximum absolute atomic E-state index is 6.09. The summed E-state index contributed by atoms with van der Waals surface area (Å²) in [5.74, 6) is 0.953. The lowest BCUT2D eigenvalue weighted by atomic mass is 10.0. The molecule has 2 heterocycles. The number of hydrogen-bond acceptors (Lipinski definition) is 4. The van der Waals surface area contributed by atoms with E-state index in [4.69, 9.17) is 5.73 Å². The number of aromatic nitrogens is 5. The molecular weight excluding hydrogens is 264 g/mol. The molecule has 0 amide bonds. The van der Waals surface area contributed by atoms with Crippen LogP contribution in [0.1, 0.15) is 49.5 Å². The van der Waals surface area contributed by atoms with Crippen molar-refractivity contribution in [2.24, 2.45) is 5.73 Å². The van der Waals surface area contributed by atoms with E-state index in [-0.39, 0.29) is 6.04 Å². The molecule has 2 rings (SSSR count). The summed E-state index contributed by atoms with van der Waals surface area (Å²) in [5.41, 5.74) is 9.61. The normalized spacial score (nSPS) is 12.8. The molecule has 1 unspecified atom stereocenters. The standard InChI is InChI=1S/C15H26N6/c1-5-7-20-15(17-10-18-20)9-21-12(4)14(11(3)19-21)8-13(16)6-2/h10,13H,5-9,16H2,1-4H3. The van der Waals surface area contributed by atoms with Gasteiger partial charge in [0.15, 0.2) is 0 Å². The molecule has 1 atom stereocenters. The second-order valence-corrected chi connectivity index (χ2v) is 5.58. The van der Waals surface area contributed by atoms with Gasteiger partial charge in [-0.25, -0.2) is 9.67 Å². The van der Waals surface area contributed by atoms with E-state index in [9.17, 15) is 0 Å². The van der Waals surface area contributed by atoms with Crippen LogP contribution in [0.4, 0.5) is 0 Å². The first-order chi connectivity index (χ1) is 10.1. The predicted octanol–water partition coefficient (Wildman–Crippen LogP) is 1.83. The van der Waals surface area contributed by atoms with Crippen LogP contribution in [0, 0.1) is 13.8 Å². The Balaban J connectivity index is 2.21. The third kappa shape index (κ3) is 3.50. The molecule has 0 aliphatic carbocycles. The Bertz CT molecular complexity index is 583. The van der Waals surface area contributed by atoms with Crippen molar-refractivity contribution in [3.63, 3.8) is 0 Å². The Hall–Kier alpha value is -1.69. The van der Waals surface area contributed by atoms with Crippen LogP contribution >= 0.6 is 0 Å². The number of hydrogen-bond donors (Lipinski definition) is 1. The summed E-state index contributed by atoms with van der Waals surface area (Å²) < 4.78 is 3.97. The summed E-state index contributed by atoms with van der Waals surface area (Å²) in [6.45, 7) is 9.97.